The maximum atomic E-state index is 12.6. The molecule has 3 aromatic rings. The van der Waals surface area contributed by atoms with E-state index in [1.165, 1.54) is 30.2 Å². The summed E-state index contributed by atoms with van der Waals surface area (Å²) in [6.07, 6.45) is -2.22. The minimum atomic E-state index is -4.93. The molecule has 0 unspecified atom stereocenters. The number of rotatable bonds is 6. The van der Waals surface area contributed by atoms with Crippen LogP contribution in [0.15, 0.2) is 42.9 Å². The number of nitrogens with zero attached hydrogens (tertiary/aromatic N) is 4. The van der Waals surface area contributed by atoms with E-state index < -0.39 is 24.1 Å². The first-order valence-electron chi connectivity index (χ1n) is 9.03. The van der Waals surface area contributed by atoms with E-state index in [0.29, 0.717) is 17.3 Å². The van der Waals surface area contributed by atoms with Crippen molar-refractivity contribution in [2.45, 2.75) is 26.3 Å². The Labute approximate surface area is 184 Å². The van der Waals surface area contributed by atoms with Crippen molar-refractivity contribution in [2.75, 3.05) is 5.32 Å². The molecule has 9 nitrogen and oxygen atoms in total. The highest BCUT2D eigenvalue weighted by Gasteiger charge is 2.31. The quantitative estimate of drug-likeness (QED) is 0.571. The monoisotopic (exact) mass is 468 g/mol. The van der Waals surface area contributed by atoms with E-state index in [1.807, 2.05) is 0 Å². The molecule has 0 fully saturated rings. The predicted molar refractivity (Wildman–Crippen MR) is 107 cm³/mol. The average molecular weight is 469 g/mol. The van der Waals surface area contributed by atoms with Crippen LogP contribution in [-0.2, 0) is 4.79 Å². The lowest BCUT2D eigenvalue weighted by Gasteiger charge is -2.16. The van der Waals surface area contributed by atoms with Gasteiger partial charge in [0.05, 0.1) is 6.04 Å². The second kappa shape index (κ2) is 9.22. The molecule has 1 aromatic carbocycles. The minimum absolute atomic E-state index is 0.105. The summed E-state index contributed by atoms with van der Waals surface area (Å²) in [5, 5.41) is 9.22. The molecule has 0 spiro atoms. The highest BCUT2D eigenvalue weighted by molar-refractivity contribution is 6.31. The van der Waals surface area contributed by atoms with Crippen LogP contribution in [0.1, 0.15) is 36.1 Å². The van der Waals surface area contributed by atoms with Gasteiger partial charge >= 0.3 is 6.36 Å². The molecule has 1 atom stereocenters. The smallest absolute Gasteiger partial charge is 0.406 e. The third kappa shape index (κ3) is 5.94. The van der Waals surface area contributed by atoms with Crippen LogP contribution in [0.25, 0.3) is 5.82 Å². The average Bonchev–Trinajstić information content (AvgIpc) is 3.16. The van der Waals surface area contributed by atoms with E-state index in [1.54, 1.807) is 19.1 Å². The Kier molecular flexibility index (Phi) is 6.63. The Morgan fingerprint density at radius 3 is 2.62 bits per heavy atom. The number of anilines is 1. The van der Waals surface area contributed by atoms with Gasteiger partial charge in [0.2, 0.25) is 5.91 Å². The Morgan fingerprint density at radius 2 is 1.94 bits per heavy atom. The molecule has 0 aliphatic carbocycles. The lowest BCUT2D eigenvalue weighted by atomic mass is 10.2. The summed E-state index contributed by atoms with van der Waals surface area (Å²) in [4.78, 5) is 32.2. The van der Waals surface area contributed by atoms with E-state index in [9.17, 15) is 22.8 Å². The fourth-order valence-corrected chi connectivity index (χ4v) is 2.99. The summed E-state index contributed by atoms with van der Waals surface area (Å²) in [6.45, 7) is 2.97. The Balaban J connectivity index is 1.81. The number of hydrogen-bond acceptors (Lipinski definition) is 6. The van der Waals surface area contributed by atoms with Crippen LogP contribution in [0.3, 0.4) is 0 Å². The van der Waals surface area contributed by atoms with Gasteiger partial charge in [-0.25, -0.2) is 9.97 Å². The van der Waals surface area contributed by atoms with Crippen molar-refractivity contribution in [3.05, 3.63) is 59.3 Å². The summed E-state index contributed by atoms with van der Waals surface area (Å²) >= 11 is 5.82. The van der Waals surface area contributed by atoms with Gasteiger partial charge < -0.3 is 15.4 Å². The molecule has 0 aliphatic heterocycles. The number of carbonyl (C=O) groups is 2. The number of pyridine rings is 1. The maximum absolute atomic E-state index is 12.6. The fraction of sp³-hybridized carbons (Fsp3) is 0.211. The molecule has 2 amide bonds. The number of alkyl halides is 3. The summed E-state index contributed by atoms with van der Waals surface area (Å²) in [6, 6.07) is 5.50. The second-order valence-electron chi connectivity index (χ2n) is 6.53. The van der Waals surface area contributed by atoms with E-state index >= 15 is 0 Å². The molecule has 3 rings (SSSR count). The number of amides is 2. The van der Waals surface area contributed by atoms with Gasteiger partial charge in [-0.05, 0) is 31.2 Å². The van der Waals surface area contributed by atoms with Crippen molar-refractivity contribution in [3.63, 3.8) is 0 Å². The molecule has 0 saturated heterocycles. The van der Waals surface area contributed by atoms with Gasteiger partial charge in [0.25, 0.3) is 5.91 Å². The molecule has 32 heavy (non-hydrogen) atoms. The topological polar surface area (TPSA) is 111 Å². The van der Waals surface area contributed by atoms with E-state index in [2.05, 4.69) is 30.4 Å². The van der Waals surface area contributed by atoms with Crippen LogP contribution in [-0.4, -0.2) is 37.9 Å². The lowest BCUT2D eigenvalue weighted by Crippen LogP contribution is -2.29. The van der Waals surface area contributed by atoms with Crippen LogP contribution < -0.4 is 15.4 Å². The molecule has 0 radical (unpaired) electrons. The highest BCUT2D eigenvalue weighted by Crippen LogP contribution is 2.27. The predicted octanol–water partition coefficient (Wildman–Crippen LogP) is 3.66. The Bertz CT molecular complexity index is 1150. The molecule has 2 N–H and O–H groups in total. The molecule has 2 aromatic heterocycles. The first-order valence-corrected chi connectivity index (χ1v) is 9.41. The number of hydrogen-bond donors (Lipinski definition) is 2. The van der Waals surface area contributed by atoms with Gasteiger partial charge in [-0.2, -0.15) is 9.78 Å². The van der Waals surface area contributed by atoms with E-state index in [0.717, 1.165) is 12.1 Å². The van der Waals surface area contributed by atoms with Gasteiger partial charge in [-0.3, -0.25) is 9.59 Å². The summed E-state index contributed by atoms with van der Waals surface area (Å²) in [7, 11) is 0. The van der Waals surface area contributed by atoms with Crippen LogP contribution in [0.2, 0.25) is 5.02 Å². The SMILES string of the molecule is CC(=O)Nc1ccnc(-n2ncnc2[C@H](C)NC(=O)c2cc(Cl)cc(OC(F)(F)F)c2)c1. The third-order valence-electron chi connectivity index (χ3n) is 3.96. The maximum Gasteiger partial charge on any atom is 0.573 e. The van der Waals surface area contributed by atoms with Crippen molar-refractivity contribution >= 4 is 29.1 Å². The third-order valence-corrected chi connectivity index (χ3v) is 4.18. The summed E-state index contributed by atoms with van der Waals surface area (Å²) in [5.74, 6) is -0.975. The van der Waals surface area contributed by atoms with Gasteiger partial charge in [0.15, 0.2) is 11.6 Å². The molecule has 0 bridgehead atoms. The minimum Gasteiger partial charge on any atom is -0.406 e. The number of benzene rings is 1. The van der Waals surface area contributed by atoms with Gasteiger partial charge in [-0.1, -0.05) is 11.6 Å². The molecule has 168 valence electrons. The number of ether oxygens (including phenoxy) is 1. The van der Waals surface area contributed by atoms with E-state index in [-0.39, 0.29) is 16.5 Å². The first kappa shape index (κ1) is 23.0. The van der Waals surface area contributed by atoms with Crippen molar-refractivity contribution in [1.82, 2.24) is 25.1 Å². The largest absolute Gasteiger partial charge is 0.573 e. The molecule has 0 saturated carbocycles. The number of carbonyl (C=O) groups excluding carboxylic acids is 2. The van der Waals surface area contributed by atoms with Crippen molar-refractivity contribution < 1.29 is 27.5 Å². The van der Waals surface area contributed by atoms with Crippen LogP contribution in [0.5, 0.6) is 5.75 Å². The van der Waals surface area contributed by atoms with Crippen molar-refractivity contribution in [1.29, 1.82) is 0 Å². The standard InChI is InChI=1S/C19H16ClF3N6O3/c1-10(27-18(31)12-5-13(20)7-15(6-12)32-19(21,22)23)17-25-9-26-29(17)16-8-14(3-4-24-16)28-11(2)30/h3-10H,1-2H3,(H,27,31)(H,24,28,30)/t10-/m0/s1. The van der Waals surface area contributed by atoms with Crippen molar-refractivity contribution in [3.8, 4) is 11.6 Å². The van der Waals surface area contributed by atoms with Crippen LogP contribution in [0.4, 0.5) is 18.9 Å². The molecule has 2 heterocycles. The molecular formula is C19H16ClF3N6O3. The number of aromatic nitrogens is 4. The zero-order chi connectivity index (χ0) is 23.5. The number of nitrogens with one attached hydrogen (secondary N) is 2. The normalized spacial score (nSPS) is 12.2. The molecule has 13 heteroatoms. The number of halogens is 4. The Hall–Kier alpha value is -3.67. The second-order valence-corrected chi connectivity index (χ2v) is 6.97. The fourth-order valence-electron chi connectivity index (χ4n) is 2.77. The summed E-state index contributed by atoms with van der Waals surface area (Å²) < 4.78 is 42.7. The van der Waals surface area contributed by atoms with E-state index in [4.69, 9.17) is 11.6 Å². The molecular weight excluding hydrogens is 453 g/mol. The summed E-state index contributed by atoms with van der Waals surface area (Å²) in [5.41, 5.74) is 0.345. The zero-order valence-corrected chi connectivity index (χ0v) is 17.4. The van der Waals surface area contributed by atoms with Gasteiger partial charge in [0, 0.05) is 35.5 Å². The van der Waals surface area contributed by atoms with Crippen LogP contribution in [0, 0.1) is 0 Å². The lowest BCUT2D eigenvalue weighted by molar-refractivity contribution is -0.274. The highest BCUT2D eigenvalue weighted by atomic mass is 35.5. The molecule has 0 aliphatic rings. The van der Waals surface area contributed by atoms with Gasteiger partial charge in [-0.15, -0.1) is 13.2 Å². The van der Waals surface area contributed by atoms with Gasteiger partial charge in [0.1, 0.15) is 12.1 Å². The first-order chi connectivity index (χ1) is 15.0. The van der Waals surface area contributed by atoms with Crippen molar-refractivity contribution in [2.24, 2.45) is 0 Å². The Morgan fingerprint density at radius 1 is 1.19 bits per heavy atom. The zero-order valence-electron chi connectivity index (χ0n) is 16.6. The van der Waals surface area contributed by atoms with Crippen LogP contribution >= 0.6 is 11.6 Å².